The number of aromatic nitrogens is 4. The summed E-state index contributed by atoms with van der Waals surface area (Å²) in [7, 11) is 0. The van der Waals surface area contributed by atoms with Crippen LogP contribution >= 0.6 is 15.9 Å². The maximum atomic E-state index is 11.2. The second kappa shape index (κ2) is 6.12. The van der Waals surface area contributed by atoms with Gasteiger partial charge in [-0.05, 0) is 29.8 Å². The zero-order chi connectivity index (χ0) is 18.6. The van der Waals surface area contributed by atoms with Crippen LogP contribution < -0.4 is 5.73 Å². The molecule has 26 heavy (non-hydrogen) atoms. The van der Waals surface area contributed by atoms with Crippen LogP contribution in [0.3, 0.4) is 0 Å². The van der Waals surface area contributed by atoms with Crippen molar-refractivity contribution in [2.75, 3.05) is 12.3 Å². The zero-order valence-electron chi connectivity index (χ0n) is 14.4. The van der Waals surface area contributed by atoms with Crippen molar-refractivity contribution in [2.45, 2.75) is 51.1 Å². The van der Waals surface area contributed by atoms with E-state index in [1.165, 1.54) is 13.3 Å². The van der Waals surface area contributed by atoms with Crippen LogP contribution in [0.1, 0.15) is 27.0 Å². The SMILES string of the molecule is CC(=O)OC[C@@H]1O[C@@H](n2c(Br)nc3c(N)ncnc32)[C@H]2OC(C)(C)O[C@@H]21. The summed E-state index contributed by atoms with van der Waals surface area (Å²) >= 11 is 3.43. The number of hydrogen-bond donors (Lipinski definition) is 1. The lowest BCUT2D eigenvalue weighted by Gasteiger charge is -2.25. The number of esters is 1. The molecule has 0 aromatic carbocycles. The molecule has 0 aliphatic carbocycles. The largest absolute Gasteiger partial charge is 0.463 e. The highest BCUT2D eigenvalue weighted by atomic mass is 79.9. The number of carbonyl (C=O) groups is 1. The van der Waals surface area contributed by atoms with Gasteiger partial charge < -0.3 is 24.7 Å². The van der Waals surface area contributed by atoms with Crippen molar-refractivity contribution in [1.82, 2.24) is 19.5 Å². The first kappa shape index (κ1) is 17.6. The molecule has 0 amide bonds. The fraction of sp³-hybridized carbons (Fsp3) is 0.600. The lowest BCUT2D eigenvalue weighted by molar-refractivity contribution is -0.202. The van der Waals surface area contributed by atoms with E-state index in [9.17, 15) is 4.79 Å². The number of rotatable bonds is 3. The van der Waals surface area contributed by atoms with Gasteiger partial charge >= 0.3 is 5.97 Å². The molecular formula is C15H18BrN5O5. The normalized spacial score (nSPS) is 29.8. The van der Waals surface area contributed by atoms with Crippen molar-refractivity contribution in [3.8, 4) is 0 Å². The third-order valence-electron chi connectivity index (χ3n) is 4.29. The van der Waals surface area contributed by atoms with Crippen LogP contribution in [0.25, 0.3) is 11.2 Å². The summed E-state index contributed by atoms with van der Waals surface area (Å²) in [6.07, 6.45) is -0.551. The van der Waals surface area contributed by atoms with E-state index in [0.717, 1.165) is 0 Å². The van der Waals surface area contributed by atoms with E-state index in [1.54, 1.807) is 4.57 Å². The smallest absolute Gasteiger partial charge is 0.302 e. The molecule has 0 spiro atoms. The van der Waals surface area contributed by atoms with Crippen molar-refractivity contribution in [1.29, 1.82) is 0 Å². The third kappa shape index (κ3) is 2.84. The van der Waals surface area contributed by atoms with E-state index in [4.69, 9.17) is 24.7 Å². The van der Waals surface area contributed by atoms with Crippen molar-refractivity contribution >= 4 is 38.9 Å². The number of anilines is 1. The molecule has 4 heterocycles. The first-order valence-corrected chi connectivity index (χ1v) is 8.84. The van der Waals surface area contributed by atoms with E-state index < -0.39 is 30.3 Å². The van der Waals surface area contributed by atoms with E-state index in [-0.39, 0.29) is 18.4 Å². The Morgan fingerprint density at radius 2 is 2.12 bits per heavy atom. The Morgan fingerprint density at radius 1 is 1.38 bits per heavy atom. The van der Waals surface area contributed by atoms with Gasteiger partial charge in [0, 0.05) is 6.92 Å². The van der Waals surface area contributed by atoms with Gasteiger partial charge in [0.05, 0.1) is 0 Å². The predicted molar refractivity (Wildman–Crippen MR) is 91.8 cm³/mol. The van der Waals surface area contributed by atoms with Crippen LogP contribution in [0, 0.1) is 0 Å². The van der Waals surface area contributed by atoms with Gasteiger partial charge in [-0.3, -0.25) is 9.36 Å². The van der Waals surface area contributed by atoms with Crippen LogP contribution in [0.15, 0.2) is 11.1 Å². The summed E-state index contributed by atoms with van der Waals surface area (Å²) in [6.45, 7) is 5.06. The molecule has 0 saturated carbocycles. The van der Waals surface area contributed by atoms with E-state index in [2.05, 4.69) is 30.9 Å². The number of imidazole rings is 1. The van der Waals surface area contributed by atoms with Crippen LogP contribution in [-0.2, 0) is 23.7 Å². The predicted octanol–water partition coefficient (Wildman–Crippen LogP) is 1.15. The minimum absolute atomic E-state index is 0.0633. The number of fused-ring (bicyclic) bond motifs is 2. The lowest BCUT2D eigenvalue weighted by atomic mass is 10.1. The van der Waals surface area contributed by atoms with Gasteiger partial charge in [0.25, 0.3) is 0 Å². The minimum Gasteiger partial charge on any atom is -0.463 e. The van der Waals surface area contributed by atoms with Gasteiger partial charge in [0.15, 0.2) is 33.7 Å². The monoisotopic (exact) mass is 427 g/mol. The summed E-state index contributed by atoms with van der Waals surface area (Å²) in [5, 5.41) is 0. The fourth-order valence-electron chi connectivity index (χ4n) is 3.33. The number of carbonyl (C=O) groups excluding carboxylic acids is 1. The Bertz CT molecular complexity index is 871. The molecule has 10 nitrogen and oxygen atoms in total. The van der Waals surface area contributed by atoms with Crippen molar-refractivity contribution < 1.29 is 23.7 Å². The quantitative estimate of drug-likeness (QED) is 0.566. The Kier molecular flexibility index (Phi) is 4.14. The molecule has 140 valence electrons. The molecule has 0 unspecified atom stereocenters. The second-order valence-electron chi connectivity index (χ2n) is 6.61. The van der Waals surface area contributed by atoms with Crippen LogP contribution in [-0.4, -0.2) is 56.2 Å². The van der Waals surface area contributed by atoms with Gasteiger partial charge in [0.2, 0.25) is 0 Å². The minimum atomic E-state index is -0.789. The topological polar surface area (TPSA) is 124 Å². The molecule has 2 N–H and O–H groups in total. The highest BCUT2D eigenvalue weighted by Crippen LogP contribution is 2.45. The number of nitrogen functional groups attached to an aromatic ring is 1. The second-order valence-corrected chi connectivity index (χ2v) is 7.32. The Morgan fingerprint density at radius 3 is 2.85 bits per heavy atom. The van der Waals surface area contributed by atoms with Crippen molar-refractivity contribution in [3.05, 3.63) is 11.1 Å². The van der Waals surface area contributed by atoms with Crippen LogP contribution in [0.2, 0.25) is 0 Å². The molecule has 2 saturated heterocycles. The van der Waals surface area contributed by atoms with Crippen LogP contribution in [0.5, 0.6) is 0 Å². The molecule has 4 rings (SSSR count). The lowest BCUT2D eigenvalue weighted by Crippen LogP contribution is -2.33. The van der Waals surface area contributed by atoms with Gasteiger partial charge in [0.1, 0.15) is 31.2 Å². The molecule has 0 bridgehead atoms. The first-order chi connectivity index (χ1) is 12.3. The summed E-state index contributed by atoms with van der Waals surface area (Å²) in [5.74, 6) is -0.908. The molecule has 2 aromatic rings. The highest BCUT2D eigenvalue weighted by molar-refractivity contribution is 9.10. The fourth-order valence-corrected chi connectivity index (χ4v) is 3.87. The van der Waals surface area contributed by atoms with E-state index in [1.807, 2.05) is 13.8 Å². The van der Waals surface area contributed by atoms with Crippen molar-refractivity contribution in [2.24, 2.45) is 0 Å². The number of nitrogens with two attached hydrogens (primary N) is 1. The average Bonchev–Trinajstić information content (AvgIpc) is 3.14. The average molecular weight is 428 g/mol. The standard InChI is InChI=1S/C15H18BrN5O5/c1-6(22)23-4-7-9-10(26-15(2,3)25-9)13(24-7)21-12-8(20-14(21)16)11(17)18-5-19-12/h5,7,9-10,13H,4H2,1-3H3,(H2,17,18,19)/t7-,9+,10-,13+/m0/s1. The summed E-state index contributed by atoms with van der Waals surface area (Å²) in [4.78, 5) is 23.8. The summed E-state index contributed by atoms with van der Waals surface area (Å²) in [6, 6.07) is 0. The molecule has 11 heteroatoms. The molecule has 0 radical (unpaired) electrons. The van der Waals surface area contributed by atoms with Gasteiger partial charge in [-0.1, -0.05) is 0 Å². The van der Waals surface area contributed by atoms with E-state index in [0.29, 0.717) is 15.9 Å². The van der Waals surface area contributed by atoms with Gasteiger partial charge in [-0.2, -0.15) is 0 Å². The van der Waals surface area contributed by atoms with E-state index >= 15 is 0 Å². The number of nitrogens with zero attached hydrogens (tertiary/aromatic N) is 4. The number of ether oxygens (including phenoxy) is 4. The molecule has 2 aliphatic heterocycles. The highest BCUT2D eigenvalue weighted by Gasteiger charge is 2.56. The first-order valence-electron chi connectivity index (χ1n) is 8.05. The summed E-state index contributed by atoms with van der Waals surface area (Å²) < 4.78 is 25.5. The maximum Gasteiger partial charge on any atom is 0.302 e. The molecule has 4 atom stereocenters. The van der Waals surface area contributed by atoms with Gasteiger partial charge in [-0.25, -0.2) is 15.0 Å². The Hall–Kier alpha value is -1.82. The number of hydrogen-bond acceptors (Lipinski definition) is 9. The van der Waals surface area contributed by atoms with Gasteiger partial charge in [-0.15, -0.1) is 0 Å². The zero-order valence-corrected chi connectivity index (χ0v) is 16.0. The maximum absolute atomic E-state index is 11.2. The molecular weight excluding hydrogens is 410 g/mol. The summed E-state index contributed by atoms with van der Waals surface area (Å²) in [5.41, 5.74) is 6.86. The third-order valence-corrected chi connectivity index (χ3v) is 4.85. The number of halogens is 1. The van der Waals surface area contributed by atoms with Crippen molar-refractivity contribution in [3.63, 3.8) is 0 Å². The Labute approximate surface area is 157 Å². The van der Waals surface area contributed by atoms with Crippen LogP contribution in [0.4, 0.5) is 5.82 Å². The molecule has 2 aromatic heterocycles. The molecule has 2 aliphatic rings. The Balaban J connectivity index is 1.73. The molecule has 2 fully saturated rings.